The van der Waals surface area contributed by atoms with E-state index in [0.717, 1.165) is 30.8 Å². The fraction of sp³-hybridized carbons (Fsp3) is 0.429. The number of phenols is 1. The number of methoxy groups -OCH3 is 1. The van der Waals surface area contributed by atoms with Crippen molar-refractivity contribution in [3.8, 4) is 11.5 Å². The van der Waals surface area contributed by atoms with Crippen molar-refractivity contribution in [1.29, 1.82) is 0 Å². The minimum absolute atomic E-state index is 0.161. The van der Waals surface area contributed by atoms with Crippen LogP contribution in [0.15, 0.2) is 24.5 Å². The molecule has 2 aromatic rings. The monoisotopic (exact) mass is 276 g/mol. The molecule has 2 rings (SSSR count). The number of nitrogens with one attached hydrogen (secondary N) is 2. The molecular formula is C14H20N4O2. The van der Waals surface area contributed by atoms with Crippen LogP contribution in [0.5, 0.6) is 11.5 Å². The van der Waals surface area contributed by atoms with Crippen molar-refractivity contribution in [2.24, 2.45) is 0 Å². The summed E-state index contributed by atoms with van der Waals surface area (Å²) >= 11 is 0. The summed E-state index contributed by atoms with van der Waals surface area (Å²) in [5.74, 6) is 1.57. The van der Waals surface area contributed by atoms with E-state index in [2.05, 4.69) is 27.4 Å². The Bertz CT molecular complexity index is 528. The van der Waals surface area contributed by atoms with E-state index >= 15 is 0 Å². The molecule has 1 aromatic heterocycles. The van der Waals surface area contributed by atoms with Crippen molar-refractivity contribution in [3.05, 3.63) is 35.9 Å². The molecule has 0 aliphatic rings. The van der Waals surface area contributed by atoms with Gasteiger partial charge in [0.2, 0.25) is 0 Å². The topological polar surface area (TPSA) is 83.1 Å². The molecule has 1 atom stereocenters. The first kappa shape index (κ1) is 14.3. The third-order valence-corrected chi connectivity index (χ3v) is 3.21. The number of H-pyrrole nitrogens is 1. The molecule has 0 aliphatic carbocycles. The first-order valence-corrected chi connectivity index (χ1v) is 6.65. The van der Waals surface area contributed by atoms with Crippen LogP contribution in [0.4, 0.5) is 0 Å². The molecule has 0 saturated heterocycles. The number of rotatable bonds is 7. The molecule has 0 aliphatic heterocycles. The molecule has 108 valence electrons. The molecule has 0 fully saturated rings. The second-order valence-corrected chi connectivity index (χ2v) is 4.64. The maximum absolute atomic E-state index is 9.57. The maximum atomic E-state index is 9.57. The van der Waals surface area contributed by atoms with Crippen molar-refractivity contribution in [1.82, 2.24) is 20.5 Å². The van der Waals surface area contributed by atoms with Crippen molar-refractivity contribution in [2.75, 3.05) is 13.7 Å². The average molecular weight is 276 g/mol. The predicted octanol–water partition coefficient (Wildman–Crippen LogP) is 1.80. The van der Waals surface area contributed by atoms with Crippen LogP contribution >= 0.6 is 0 Å². The molecule has 1 aromatic carbocycles. The smallest absolute Gasteiger partial charge is 0.160 e. The molecule has 6 heteroatoms. The number of aryl methyl sites for hydroxylation is 1. The zero-order chi connectivity index (χ0) is 14.4. The second-order valence-electron chi connectivity index (χ2n) is 4.64. The molecule has 1 heterocycles. The summed E-state index contributed by atoms with van der Waals surface area (Å²) in [6.07, 6.45) is 3.38. The fourth-order valence-electron chi connectivity index (χ4n) is 2.01. The van der Waals surface area contributed by atoms with Crippen molar-refractivity contribution >= 4 is 0 Å². The van der Waals surface area contributed by atoms with Gasteiger partial charge in [0.1, 0.15) is 12.2 Å². The van der Waals surface area contributed by atoms with E-state index in [-0.39, 0.29) is 11.8 Å². The minimum atomic E-state index is 0.161. The molecule has 20 heavy (non-hydrogen) atoms. The SMILES string of the molecule is COc1cc(C(C)NCCCc2ncn[nH]2)ccc1O. The van der Waals surface area contributed by atoms with E-state index in [1.807, 2.05) is 12.1 Å². The van der Waals surface area contributed by atoms with Crippen LogP contribution < -0.4 is 10.1 Å². The third kappa shape index (κ3) is 3.71. The van der Waals surface area contributed by atoms with Crippen LogP contribution in [0.25, 0.3) is 0 Å². The Hall–Kier alpha value is -2.08. The number of ether oxygens (including phenoxy) is 1. The summed E-state index contributed by atoms with van der Waals surface area (Å²) in [4.78, 5) is 4.08. The quantitative estimate of drug-likeness (QED) is 0.672. The molecule has 0 radical (unpaired) electrons. The lowest BCUT2D eigenvalue weighted by Crippen LogP contribution is -2.20. The van der Waals surface area contributed by atoms with Crippen LogP contribution in [-0.2, 0) is 6.42 Å². The van der Waals surface area contributed by atoms with Crippen LogP contribution in [0.2, 0.25) is 0 Å². The summed E-state index contributed by atoms with van der Waals surface area (Å²) in [5.41, 5.74) is 1.08. The van der Waals surface area contributed by atoms with Gasteiger partial charge in [0.05, 0.1) is 7.11 Å². The fourth-order valence-corrected chi connectivity index (χ4v) is 2.01. The van der Waals surface area contributed by atoms with Crippen LogP contribution in [0, 0.1) is 0 Å². The van der Waals surface area contributed by atoms with Gasteiger partial charge in [-0.15, -0.1) is 0 Å². The van der Waals surface area contributed by atoms with Gasteiger partial charge in [0.25, 0.3) is 0 Å². The number of nitrogens with zero attached hydrogens (tertiary/aromatic N) is 2. The Morgan fingerprint density at radius 3 is 3.00 bits per heavy atom. The maximum Gasteiger partial charge on any atom is 0.160 e. The van der Waals surface area contributed by atoms with Gasteiger partial charge in [-0.3, -0.25) is 5.10 Å². The lowest BCUT2D eigenvalue weighted by atomic mass is 10.1. The second kappa shape index (κ2) is 6.91. The largest absolute Gasteiger partial charge is 0.504 e. The van der Waals surface area contributed by atoms with Gasteiger partial charge < -0.3 is 15.2 Å². The lowest BCUT2D eigenvalue weighted by Gasteiger charge is -2.15. The van der Waals surface area contributed by atoms with Crippen LogP contribution in [0.1, 0.15) is 30.8 Å². The van der Waals surface area contributed by atoms with Crippen molar-refractivity contribution in [3.63, 3.8) is 0 Å². The van der Waals surface area contributed by atoms with Gasteiger partial charge in [-0.2, -0.15) is 5.10 Å². The summed E-state index contributed by atoms with van der Waals surface area (Å²) < 4.78 is 5.11. The van der Waals surface area contributed by atoms with E-state index in [4.69, 9.17) is 4.74 Å². The Balaban J connectivity index is 1.80. The zero-order valence-electron chi connectivity index (χ0n) is 11.8. The number of aromatic nitrogens is 3. The Kier molecular flexibility index (Phi) is 4.95. The van der Waals surface area contributed by atoms with Crippen LogP contribution in [0.3, 0.4) is 0 Å². The highest BCUT2D eigenvalue weighted by molar-refractivity contribution is 5.42. The van der Waals surface area contributed by atoms with Gasteiger partial charge in [0.15, 0.2) is 11.5 Å². The van der Waals surface area contributed by atoms with Gasteiger partial charge in [0, 0.05) is 12.5 Å². The molecule has 0 amide bonds. The minimum Gasteiger partial charge on any atom is -0.504 e. The van der Waals surface area contributed by atoms with Crippen LogP contribution in [-0.4, -0.2) is 33.9 Å². The highest BCUT2D eigenvalue weighted by Crippen LogP contribution is 2.28. The van der Waals surface area contributed by atoms with E-state index in [1.165, 1.54) is 6.33 Å². The summed E-state index contributed by atoms with van der Waals surface area (Å²) in [6.45, 7) is 2.96. The van der Waals surface area contributed by atoms with Gasteiger partial charge in [-0.1, -0.05) is 6.07 Å². The summed E-state index contributed by atoms with van der Waals surface area (Å²) in [7, 11) is 1.55. The lowest BCUT2D eigenvalue weighted by molar-refractivity contribution is 0.372. The van der Waals surface area contributed by atoms with Gasteiger partial charge in [-0.05, 0) is 37.6 Å². The van der Waals surface area contributed by atoms with E-state index < -0.39 is 0 Å². The number of benzene rings is 1. The molecule has 6 nitrogen and oxygen atoms in total. The van der Waals surface area contributed by atoms with Crippen molar-refractivity contribution in [2.45, 2.75) is 25.8 Å². The van der Waals surface area contributed by atoms with E-state index in [1.54, 1.807) is 13.2 Å². The molecule has 3 N–H and O–H groups in total. The first-order valence-electron chi connectivity index (χ1n) is 6.65. The number of aromatic amines is 1. The Morgan fingerprint density at radius 2 is 2.30 bits per heavy atom. The number of phenolic OH excluding ortho intramolecular Hbond substituents is 1. The van der Waals surface area contributed by atoms with Crippen molar-refractivity contribution < 1.29 is 9.84 Å². The first-order chi connectivity index (χ1) is 9.70. The van der Waals surface area contributed by atoms with Gasteiger partial charge >= 0.3 is 0 Å². The molecular weight excluding hydrogens is 256 g/mol. The molecule has 1 unspecified atom stereocenters. The highest BCUT2D eigenvalue weighted by atomic mass is 16.5. The molecule has 0 bridgehead atoms. The molecule has 0 spiro atoms. The Morgan fingerprint density at radius 1 is 1.45 bits per heavy atom. The normalized spacial score (nSPS) is 12.3. The Labute approximate surface area is 118 Å². The zero-order valence-corrected chi connectivity index (χ0v) is 11.8. The number of aromatic hydroxyl groups is 1. The number of hydrogen-bond donors (Lipinski definition) is 3. The summed E-state index contributed by atoms with van der Waals surface area (Å²) in [6, 6.07) is 5.59. The van der Waals surface area contributed by atoms with E-state index in [0.29, 0.717) is 5.75 Å². The third-order valence-electron chi connectivity index (χ3n) is 3.21. The highest BCUT2D eigenvalue weighted by Gasteiger charge is 2.08. The standard InChI is InChI=1S/C14H20N4O2/c1-10(11-5-6-12(19)13(8-11)20-2)15-7-3-4-14-16-9-17-18-14/h5-6,8-10,15,19H,3-4,7H2,1-2H3,(H,16,17,18). The summed E-state index contributed by atoms with van der Waals surface area (Å²) in [5, 5.41) is 19.7. The molecule has 0 saturated carbocycles. The predicted molar refractivity (Wildman–Crippen MR) is 75.8 cm³/mol. The van der Waals surface area contributed by atoms with Gasteiger partial charge in [-0.25, -0.2) is 4.98 Å². The average Bonchev–Trinajstić information content (AvgIpc) is 2.97. The van der Waals surface area contributed by atoms with E-state index in [9.17, 15) is 5.11 Å². The number of hydrogen-bond acceptors (Lipinski definition) is 5.